The van der Waals surface area contributed by atoms with Gasteiger partial charge >= 0.3 is 0 Å². The zero-order chi connectivity index (χ0) is 22.3. The zero-order valence-corrected chi connectivity index (χ0v) is 18.3. The summed E-state index contributed by atoms with van der Waals surface area (Å²) in [5, 5.41) is 2.96. The number of rotatable bonds is 7. The van der Waals surface area contributed by atoms with Crippen LogP contribution >= 0.6 is 0 Å². The minimum Gasteiger partial charge on any atom is -0.490 e. The molecule has 3 aromatic rings. The van der Waals surface area contributed by atoms with Crippen molar-refractivity contribution in [2.75, 3.05) is 11.9 Å². The van der Waals surface area contributed by atoms with Gasteiger partial charge in [-0.1, -0.05) is 30.7 Å². The van der Waals surface area contributed by atoms with E-state index in [-0.39, 0.29) is 23.7 Å². The van der Waals surface area contributed by atoms with E-state index in [2.05, 4.69) is 5.32 Å². The van der Waals surface area contributed by atoms with Gasteiger partial charge in [0.05, 0.1) is 23.6 Å². The molecule has 2 amide bonds. The fraction of sp³-hybridized carbons (Fsp3) is 0.308. The van der Waals surface area contributed by atoms with Crippen LogP contribution < -0.4 is 15.0 Å². The second-order valence-electron chi connectivity index (χ2n) is 8.07. The van der Waals surface area contributed by atoms with Crippen molar-refractivity contribution in [1.82, 2.24) is 5.32 Å². The third-order valence-electron chi connectivity index (χ3n) is 5.75. The fourth-order valence-electron chi connectivity index (χ4n) is 4.01. The Morgan fingerprint density at radius 2 is 1.84 bits per heavy atom. The minimum absolute atomic E-state index is 0.220. The first-order valence-electron chi connectivity index (χ1n) is 11.1. The molecule has 1 aromatic heterocycles. The lowest BCUT2D eigenvalue weighted by atomic mass is 9.98. The monoisotopic (exact) mass is 432 g/mol. The number of nitrogens with one attached hydrogen (secondary N) is 1. The van der Waals surface area contributed by atoms with Gasteiger partial charge in [-0.2, -0.15) is 0 Å². The van der Waals surface area contributed by atoms with Gasteiger partial charge in [0.15, 0.2) is 5.76 Å². The van der Waals surface area contributed by atoms with Gasteiger partial charge in [0.1, 0.15) is 5.75 Å². The van der Waals surface area contributed by atoms with E-state index in [1.807, 2.05) is 24.3 Å². The van der Waals surface area contributed by atoms with E-state index in [1.165, 1.54) is 30.4 Å². The summed E-state index contributed by atoms with van der Waals surface area (Å²) in [7, 11) is 1.63. The van der Waals surface area contributed by atoms with Crippen molar-refractivity contribution >= 4 is 17.5 Å². The van der Waals surface area contributed by atoms with Gasteiger partial charge in [0.2, 0.25) is 0 Å². The summed E-state index contributed by atoms with van der Waals surface area (Å²) < 4.78 is 11.3. The molecule has 1 N–H and O–H groups in total. The number of hydrogen-bond acceptors (Lipinski definition) is 4. The summed E-state index contributed by atoms with van der Waals surface area (Å²) in [4.78, 5) is 27.0. The van der Waals surface area contributed by atoms with Gasteiger partial charge in [0, 0.05) is 13.6 Å². The van der Waals surface area contributed by atoms with E-state index in [4.69, 9.17) is 9.15 Å². The van der Waals surface area contributed by atoms with E-state index in [0.29, 0.717) is 17.8 Å². The maximum Gasteiger partial charge on any atom is 0.293 e. The van der Waals surface area contributed by atoms with Crippen LogP contribution in [0.2, 0.25) is 0 Å². The number of amides is 2. The molecular formula is C26H28N2O4. The average Bonchev–Trinajstić information content (AvgIpc) is 3.37. The maximum atomic E-state index is 13.0. The summed E-state index contributed by atoms with van der Waals surface area (Å²) in [5.74, 6) is 0.492. The van der Waals surface area contributed by atoms with Gasteiger partial charge in [0.25, 0.3) is 11.8 Å². The van der Waals surface area contributed by atoms with Crippen molar-refractivity contribution in [2.45, 2.75) is 44.8 Å². The highest BCUT2D eigenvalue weighted by Crippen LogP contribution is 2.24. The predicted molar refractivity (Wildman–Crippen MR) is 123 cm³/mol. The topological polar surface area (TPSA) is 71.8 Å². The molecule has 0 bridgehead atoms. The molecule has 6 nitrogen and oxygen atoms in total. The number of carbonyl (C=O) groups is 2. The molecule has 1 fully saturated rings. The SMILES string of the molecule is CN(C(=O)c1ccco1)c1ccccc1C(=O)NCc1cccc(OC2CCCCC2)c1. The predicted octanol–water partition coefficient (Wildman–Crippen LogP) is 5.20. The van der Waals surface area contributed by atoms with Crippen molar-refractivity contribution in [3.05, 3.63) is 83.8 Å². The van der Waals surface area contributed by atoms with Crippen LogP contribution in [0.1, 0.15) is 58.6 Å². The van der Waals surface area contributed by atoms with Crippen LogP contribution in [0.5, 0.6) is 5.75 Å². The summed E-state index contributed by atoms with van der Waals surface area (Å²) in [6.07, 6.45) is 7.65. The van der Waals surface area contributed by atoms with Crippen LogP contribution in [-0.4, -0.2) is 25.0 Å². The molecule has 6 heteroatoms. The molecule has 1 aliphatic rings. The van der Waals surface area contributed by atoms with E-state index in [1.54, 1.807) is 43.4 Å². The quantitative estimate of drug-likeness (QED) is 0.557. The first-order valence-corrected chi connectivity index (χ1v) is 11.1. The Morgan fingerprint density at radius 3 is 2.62 bits per heavy atom. The summed E-state index contributed by atoms with van der Waals surface area (Å²) in [6, 6.07) is 18.1. The highest BCUT2D eigenvalue weighted by atomic mass is 16.5. The van der Waals surface area contributed by atoms with Gasteiger partial charge in [-0.15, -0.1) is 0 Å². The molecule has 4 rings (SSSR count). The largest absolute Gasteiger partial charge is 0.490 e. The second-order valence-corrected chi connectivity index (χ2v) is 8.07. The first-order chi connectivity index (χ1) is 15.6. The Labute approximate surface area is 188 Å². The lowest BCUT2D eigenvalue weighted by Crippen LogP contribution is -2.30. The normalized spacial score (nSPS) is 14.0. The van der Waals surface area contributed by atoms with Crippen LogP contribution in [0.25, 0.3) is 0 Å². The third kappa shape index (κ3) is 5.19. The second kappa shape index (κ2) is 10.2. The Kier molecular flexibility index (Phi) is 6.90. The standard InChI is InChI=1S/C26H28N2O4/c1-28(26(30)24-15-8-16-31-24)23-14-6-5-13-22(23)25(29)27-18-19-9-7-12-21(17-19)32-20-10-3-2-4-11-20/h5-9,12-17,20H,2-4,10-11,18H2,1H3,(H,27,29). The number of nitrogens with zero attached hydrogens (tertiary/aromatic N) is 1. The minimum atomic E-state index is -0.317. The molecular weight excluding hydrogens is 404 g/mol. The molecule has 32 heavy (non-hydrogen) atoms. The highest BCUT2D eigenvalue weighted by Gasteiger charge is 2.21. The molecule has 0 atom stereocenters. The average molecular weight is 433 g/mol. The van der Waals surface area contributed by atoms with Gasteiger partial charge < -0.3 is 19.4 Å². The Hall–Kier alpha value is -3.54. The summed E-state index contributed by atoms with van der Waals surface area (Å²) in [6.45, 7) is 0.366. The lowest BCUT2D eigenvalue weighted by molar-refractivity contribution is 0.0950. The first kappa shape index (κ1) is 21.7. The van der Waals surface area contributed by atoms with Gasteiger partial charge in [-0.25, -0.2) is 0 Å². The Balaban J connectivity index is 1.41. The number of carbonyl (C=O) groups excluding carboxylic acids is 2. The van der Waals surface area contributed by atoms with Crippen LogP contribution in [0.15, 0.2) is 71.3 Å². The van der Waals surface area contributed by atoms with Crippen LogP contribution in [0.4, 0.5) is 5.69 Å². The molecule has 0 aliphatic heterocycles. The van der Waals surface area contributed by atoms with Gasteiger partial charge in [-0.05, 0) is 67.6 Å². The number of ether oxygens (including phenoxy) is 1. The van der Waals surface area contributed by atoms with Crippen molar-refractivity contribution in [1.29, 1.82) is 0 Å². The molecule has 0 unspecified atom stereocenters. The summed E-state index contributed by atoms with van der Waals surface area (Å²) in [5.41, 5.74) is 1.90. The van der Waals surface area contributed by atoms with E-state index >= 15 is 0 Å². The van der Waals surface area contributed by atoms with Crippen molar-refractivity contribution in [2.24, 2.45) is 0 Å². The Morgan fingerprint density at radius 1 is 1.03 bits per heavy atom. The molecule has 166 valence electrons. The zero-order valence-electron chi connectivity index (χ0n) is 18.3. The molecule has 2 aromatic carbocycles. The van der Waals surface area contributed by atoms with E-state index < -0.39 is 0 Å². The van der Waals surface area contributed by atoms with E-state index in [9.17, 15) is 9.59 Å². The smallest absolute Gasteiger partial charge is 0.293 e. The third-order valence-corrected chi connectivity index (χ3v) is 5.75. The molecule has 1 saturated carbocycles. The van der Waals surface area contributed by atoms with Crippen molar-refractivity contribution in [3.63, 3.8) is 0 Å². The Bertz CT molecular complexity index is 1060. The molecule has 1 aliphatic carbocycles. The number of benzene rings is 2. The summed E-state index contributed by atoms with van der Waals surface area (Å²) >= 11 is 0. The number of furan rings is 1. The molecule has 1 heterocycles. The van der Waals surface area contributed by atoms with E-state index in [0.717, 1.165) is 24.2 Å². The molecule has 0 spiro atoms. The number of anilines is 1. The van der Waals surface area contributed by atoms with Crippen molar-refractivity contribution < 1.29 is 18.7 Å². The van der Waals surface area contributed by atoms with Crippen LogP contribution in [0, 0.1) is 0 Å². The molecule has 0 saturated heterocycles. The van der Waals surface area contributed by atoms with Gasteiger partial charge in [-0.3, -0.25) is 9.59 Å². The maximum absolute atomic E-state index is 13.0. The van der Waals surface area contributed by atoms with Crippen LogP contribution in [0.3, 0.4) is 0 Å². The number of para-hydroxylation sites is 1. The lowest BCUT2D eigenvalue weighted by Gasteiger charge is -2.23. The van der Waals surface area contributed by atoms with Crippen molar-refractivity contribution in [3.8, 4) is 5.75 Å². The number of hydrogen-bond donors (Lipinski definition) is 1. The highest BCUT2D eigenvalue weighted by molar-refractivity contribution is 6.09. The molecule has 0 radical (unpaired) electrons. The van der Waals surface area contributed by atoms with Crippen LogP contribution in [-0.2, 0) is 6.54 Å². The fourth-order valence-corrected chi connectivity index (χ4v) is 4.01.